The zero-order chi connectivity index (χ0) is 12.4. The summed E-state index contributed by atoms with van der Waals surface area (Å²) in [7, 11) is 0. The van der Waals surface area contributed by atoms with Crippen molar-refractivity contribution in [2.45, 2.75) is 0 Å². The second kappa shape index (κ2) is 4.50. The molecule has 0 N–H and O–H groups in total. The molecule has 0 spiro atoms. The Balaban J connectivity index is 2.05. The summed E-state index contributed by atoms with van der Waals surface area (Å²) in [6, 6.07) is 9.12. The van der Waals surface area contributed by atoms with E-state index in [0.29, 0.717) is 16.1 Å². The minimum Gasteiger partial charge on any atom is -0.710 e. The van der Waals surface area contributed by atoms with Gasteiger partial charge < -0.3 is 5.21 Å². The lowest BCUT2D eigenvalue weighted by Gasteiger charge is -2.04. The van der Waals surface area contributed by atoms with Gasteiger partial charge in [-0.2, -0.15) is 0 Å². The van der Waals surface area contributed by atoms with Crippen LogP contribution in [0.25, 0.3) is 22.1 Å². The van der Waals surface area contributed by atoms with Crippen molar-refractivity contribution in [2.75, 3.05) is 0 Å². The van der Waals surface area contributed by atoms with Crippen molar-refractivity contribution < 1.29 is 4.73 Å². The molecule has 3 aromatic heterocycles. The first-order valence-corrected chi connectivity index (χ1v) is 6.15. The van der Waals surface area contributed by atoms with Crippen LogP contribution in [0.1, 0.15) is 0 Å². The van der Waals surface area contributed by atoms with Gasteiger partial charge in [0.15, 0.2) is 11.4 Å². The van der Waals surface area contributed by atoms with Crippen LogP contribution in [0.5, 0.6) is 0 Å². The summed E-state index contributed by atoms with van der Waals surface area (Å²) in [5.74, 6) is 0.205. The Hall–Kier alpha value is -2.34. The van der Waals surface area contributed by atoms with Gasteiger partial charge in [-0.05, 0) is 28.7 Å². The second-order valence-corrected chi connectivity index (χ2v) is 4.50. The van der Waals surface area contributed by atoms with Gasteiger partial charge >= 0.3 is 5.82 Å². The maximum absolute atomic E-state index is 11.9. The fourth-order valence-electron chi connectivity index (χ4n) is 1.54. The highest BCUT2D eigenvalue weighted by atomic mass is 32.1. The van der Waals surface area contributed by atoms with Crippen LogP contribution < -0.4 is 4.73 Å². The smallest absolute Gasteiger partial charge is 0.379 e. The molecule has 0 amide bonds. The molecule has 0 bridgehead atoms. The number of aromatic nitrogens is 4. The average Bonchev–Trinajstić information content (AvgIpc) is 2.93. The monoisotopic (exact) mass is 256 g/mol. The SMILES string of the molecule is [O-][n+]1cc(-c2cccs2)nnc1-c1ccccn1. The summed E-state index contributed by atoms with van der Waals surface area (Å²) in [4.78, 5) is 5.00. The molecule has 18 heavy (non-hydrogen) atoms. The lowest BCUT2D eigenvalue weighted by molar-refractivity contribution is -0.597. The molecule has 3 heterocycles. The van der Waals surface area contributed by atoms with Gasteiger partial charge in [0, 0.05) is 6.20 Å². The average molecular weight is 256 g/mol. The Morgan fingerprint density at radius 3 is 2.67 bits per heavy atom. The standard InChI is InChI=1S/C12H8N4OS/c17-16-8-10(11-5-3-7-18-11)14-15-12(16)9-4-1-2-6-13-9/h1-8H. The highest BCUT2D eigenvalue weighted by molar-refractivity contribution is 7.13. The van der Waals surface area contributed by atoms with E-state index in [2.05, 4.69) is 15.2 Å². The van der Waals surface area contributed by atoms with Crippen LogP contribution >= 0.6 is 11.3 Å². The zero-order valence-electron chi connectivity index (χ0n) is 9.22. The zero-order valence-corrected chi connectivity index (χ0v) is 10.0. The number of pyridine rings is 1. The maximum Gasteiger partial charge on any atom is 0.379 e. The van der Waals surface area contributed by atoms with Gasteiger partial charge in [0.25, 0.3) is 0 Å². The molecule has 0 aliphatic carbocycles. The van der Waals surface area contributed by atoms with E-state index < -0.39 is 0 Å². The van der Waals surface area contributed by atoms with Crippen molar-refractivity contribution in [3.8, 4) is 22.1 Å². The van der Waals surface area contributed by atoms with Crippen LogP contribution in [0.2, 0.25) is 0 Å². The third-order valence-electron chi connectivity index (χ3n) is 2.37. The minimum absolute atomic E-state index is 0.205. The molecule has 0 radical (unpaired) electrons. The Kier molecular flexibility index (Phi) is 2.70. The molecular weight excluding hydrogens is 248 g/mol. The van der Waals surface area contributed by atoms with Crippen molar-refractivity contribution in [1.29, 1.82) is 0 Å². The van der Waals surface area contributed by atoms with Crippen LogP contribution in [0.4, 0.5) is 0 Å². The van der Waals surface area contributed by atoms with E-state index in [1.807, 2.05) is 17.5 Å². The number of nitrogens with zero attached hydrogens (tertiary/aromatic N) is 4. The van der Waals surface area contributed by atoms with Gasteiger partial charge in [-0.3, -0.25) is 0 Å². The van der Waals surface area contributed by atoms with E-state index in [9.17, 15) is 5.21 Å². The molecule has 0 unspecified atom stereocenters. The van der Waals surface area contributed by atoms with Crippen molar-refractivity contribution in [1.82, 2.24) is 15.2 Å². The van der Waals surface area contributed by atoms with Crippen molar-refractivity contribution >= 4 is 11.3 Å². The first-order valence-electron chi connectivity index (χ1n) is 5.27. The minimum atomic E-state index is 0.205. The second-order valence-electron chi connectivity index (χ2n) is 3.56. The van der Waals surface area contributed by atoms with E-state index in [1.165, 1.54) is 17.5 Å². The van der Waals surface area contributed by atoms with Crippen LogP contribution in [0.15, 0.2) is 48.1 Å². The molecule has 0 fully saturated rings. The molecular formula is C12H8N4OS. The summed E-state index contributed by atoms with van der Waals surface area (Å²) in [5, 5.41) is 21.9. The lowest BCUT2D eigenvalue weighted by Crippen LogP contribution is -2.31. The van der Waals surface area contributed by atoms with Gasteiger partial charge in [0.2, 0.25) is 0 Å². The summed E-state index contributed by atoms with van der Waals surface area (Å²) in [6.45, 7) is 0. The predicted octanol–water partition coefficient (Wildman–Crippen LogP) is 1.90. The quantitative estimate of drug-likeness (QED) is 0.519. The fraction of sp³-hybridized carbons (Fsp3) is 0. The predicted molar refractivity (Wildman–Crippen MR) is 67.5 cm³/mol. The molecule has 0 saturated carbocycles. The Bertz CT molecular complexity index is 655. The van der Waals surface area contributed by atoms with Gasteiger partial charge in [-0.25, -0.2) is 9.71 Å². The molecule has 0 aliphatic rings. The van der Waals surface area contributed by atoms with E-state index in [4.69, 9.17) is 0 Å². The normalized spacial score (nSPS) is 10.4. The van der Waals surface area contributed by atoms with Gasteiger partial charge in [0.05, 0.1) is 9.98 Å². The van der Waals surface area contributed by atoms with E-state index in [1.54, 1.807) is 24.4 Å². The van der Waals surface area contributed by atoms with Crippen LogP contribution in [0.3, 0.4) is 0 Å². The van der Waals surface area contributed by atoms with Crippen LogP contribution in [-0.4, -0.2) is 15.2 Å². The van der Waals surface area contributed by atoms with Crippen LogP contribution in [0, 0.1) is 5.21 Å². The van der Waals surface area contributed by atoms with Crippen LogP contribution in [-0.2, 0) is 0 Å². The summed E-state index contributed by atoms with van der Waals surface area (Å²) >= 11 is 1.52. The number of rotatable bonds is 2. The third-order valence-corrected chi connectivity index (χ3v) is 3.26. The molecule has 0 aliphatic heterocycles. The molecule has 3 aromatic rings. The first-order chi connectivity index (χ1) is 8.84. The van der Waals surface area contributed by atoms with Crippen molar-refractivity contribution in [3.05, 3.63) is 53.3 Å². The molecule has 3 rings (SSSR count). The molecule has 0 atom stereocenters. The van der Waals surface area contributed by atoms with Gasteiger partial charge in [-0.15, -0.1) is 11.3 Å². The Morgan fingerprint density at radius 1 is 1.06 bits per heavy atom. The molecule has 0 saturated heterocycles. The number of hydrogen-bond acceptors (Lipinski definition) is 5. The lowest BCUT2D eigenvalue weighted by atomic mass is 10.3. The highest BCUT2D eigenvalue weighted by Gasteiger charge is 2.15. The summed E-state index contributed by atoms with van der Waals surface area (Å²) in [5.41, 5.74) is 1.08. The van der Waals surface area contributed by atoms with Gasteiger partial charge in [0.1, 0.15) is 6.20 Å². The largest absolute Gasteiger partial charge is 0.710 e. The number of hydrogen-bond donors (Lipinski definition) is 0. The Morgan fingerprint density at radius 2 is 2.00 bits per heavy atom. The fourth-order valence-corrected chi connectivity index (χ4v) is 2.21. The Labute approximate surface area is 107 Å². The summed E-state index contributed by atoms with van der Waals surface area (Å²) < 4.78 is 0.699. The maximum atomic E-state index is 11.9. The highest BCUT2D eigenvalue weighted by Crippen LogP contribution is 2.21. The third kappa shape index (κ3) is 1.93. The van der Waals surface area contributed by atoms with Crippen molar-refractivity contribution in [3.63, 3.8) is 0 Å². The van der Waals surface area contributed by atoms with Crippen molar-refractivity contribution in [2.24, 2.45) is 0 Å². The number of thiophene rings is 1. The van der Waals surface area contributed by atoms with Gasteiger partial charge in [-0.1, -0.05) is 12.1 Å². The summed E-state index contributed by atoms with van der Waals surface area (Å²) in [6.07, 6.45) is 3.03. The van der Waals surface area contributed by atoms with E-state index >= 15 is 0 Å². The molecule has 6 heteroatoms. The molecule has 0 aromatic carbocycles. The topological polar surface area (TPSA) is 65.6 Å². The van der Waals surface area contributed by atoms with E-state index in [-0.39, 0.29) is 5.82 Å². The first kappa shape index (κ1) is 10.8. The van der Waals surface area contributed by atoms with E-state index in [0.717, 1.165) is 4.88 Å². The molecule has 88 valence electrons. The molecule has 5 nitrogen and oxygen atoms in total.